The quantitative estimate of drug-likeness (QED) is 0.887. The van der Waals surface area contributed by atoms with Crippen molar-refractivity contribution >= 4 is 23.5 Å². The molecule has 96 valence electrons. The number of hydrogen-bond acceptors (Lipinski definition) is 6. The van der Waals surface area contributed by atoms with Crippen LogP contribution < -0.4 is 5.32 Å². The Morgan fingerprint density at radius 2 is 2.41 bits per heavy atom. The Morgan fingerprint density at radius 3 is 3.06 bits per heavy atom. The average Bonchev–Trinajstić information content (AvgIpc) is 2.85. The molecule has 0 bridgehead atoms. The SMILES string of the molecule is CCC(Cc1nc(C2CSCCS2)no1)NC. The molecule has 2 unspecified atom stereocenters. The van der Waals surface area contributed by atoms with E-state index in [1.165, 1.54) is 11.5 Å². The smallest absolute Gasteiger partial charge is 0.228 e. The summed E-state index contributed by atoms with van der Waals surface area (Å²) in [4.78, 5) is 4.52. The van der Waals surface area contributed by atoms with Crippen LogP contribution in [0.15, 0.2) is 4.52 Å². The van der Waals surface area contributed by atoms with Crippen molar-refractivity contribution in [3.63, 3.8) is 0 Å². The first kappa shape index (κ1) is 13.2. The van der Waals surface area contributed by atoms with Crippen LogP contribution >= 0.6 is 23.5 Å². The second kappa shape index (κ2) is 6.66. The molecule has 1 saturated heterocycles. The molecule has 2 rings (SSSR count). The van der Waals surface area contributed by atoms with Crippen molar-refractivity contribution in [2.45, 2.75) is 31.1 Å². The third-order valence-electron chi connectivity index (χ3n) is 2.91. The highest BCUT2D eigenvalue weighted by molar-refractivity contribution is 8.06. The van der Waals surface area contributed by atoms with Gasteiger partial charge in [-0.3, -0.25) is 0 Å². The third kappa shape index (κ3) is 3.63. The lowest BCUT2D eigenvalue weighted by Crippen LogP contribution is -2.26. The first-order valence-corrected chi connectivity index (χ1v) is 8.23. The molecule has 17 heavy (non-hydrogen) atoms. The zero-order chi connectivity index (χ0) is 12.1. The van der Waals surface area contributed by atoms with E-state index >= 15 is 0 Å². The van der Waals surface area contributed by atoms with Crippen molar-refractivity contribution in [3.8, 4) is 0 Å². The minimum atomic E-state index is 0.418. The van der Waals surface area contributed by atoms with Gasteiger partial charge in [0.1, 0.15) is 0 Å². The molecule has 1 aliphatic rings. The number of thioether (sulfide) groups is 2. The topological polar surface area (TPSA) is 51.0 Å². The van der Waals surface area contributed by atoms with Gasteiger partial charge in [-0.2, -0.15) is 16.7 Å². The fourth-order valence-electron chi connectivity index (χ4n) is 1.78. The summed E-state index contributed by atoms with van der Waals surface area (Å²) in [5, 5.41) is 7.78. The fraction of sp³-hybridized carbons (Fsp3) is 0.818. The Bertz CT molecular complexity index is 335. The van der Waals surface area contributed by atoms with E-state index in [2.05, 4.69) is 22.4 Å². The van der Waals surface area contributed by atoms with Gasteiger partial charge in [0.05, 0.1) is 5.25 Å². The number of likely N-dealkylation sites (N-methyl/N-ethyl adjacent to an activating group) is 1. The molecule has 0 radical (unpaired) electrons. The van der Waals surface area contributed by atoms with Gasteiger partial charge in [0.15, 0.2) is 5.82 Å². The molecular weight excluding hydrogens is 254 g/mol. The number of hydrogen-bond donors (Lipinski definition) is 1. The first-order valence-electron chi connectivity index (χ1n) is 6.02. The summed E-state index contributed by atoms with van der Waals surface area (Å²) in [5.74, 6) is 5.17. The van der Waals surface area contributed by atoms with Crippen molar-refractivity contribution in [2.24, 2.45) is 0 Å². The van der Waals surface area contributed by atoms with Crippen LogP contribution in [0.5, 0.6) is 0 Å². The molecule has 1 aromatic heterocycles. The van der Waals surface area contributed by atoms with Gasteiger partial charge in [0, 0.05) is 29.7 Å². The summed E-state index contributed by atoms with van der Waals surface area (Å²) in [6.07, 6.45) is 1.90. The molecule has 0 aliphatic carbocycles. The van der Waals surface area contributed by atoms with Gasteiger partial charge in [0.25, 0.3) is 0 Å². The maximum Gasteiger partial charge on any atom is 0.228 e. The Morgan fingerprint density at radius 1 is 1.53 bits per heavy atom. The van der Waals surface area contributed by atoms with E-state index in [0.717, 1.165) is 30.3 Å². The van der Waals surface area contributed by atoms with Crippen LogP contribution in [-0.4, -0.2) is 40.5 Å². The summed E-state index contributed by atoms with van der Waals surface area (Å²) in [5.41, 5.74) is 0. The molecule has 1 fully saturated rings. The van der Waals surface area contributed by atoms with Gasteiger partial charge in [-0.25, -0.2) is 0 Å². The molecule has 0 aromatic carbocycles. The molecule has 1 N–H and O–H groups in total. The van der Waals surface area contributed by atoms with Crippen LogP contribution in [0, 0.1) is 0 Å². The second-order valence-electron chi connectivity index (χ2n) is 4.08. The molecule has 6 heteroatoms. The molecule has 0 amide bonds. The highest BCUT2D eigenvalue weighted by atomic mass is 32.2. The van der Waals surface area contributed by atoms with Crippen molar-refractivity contribution in [2.75, 3.05) is 24.3 Å². The van der Waals surface area contributed by atoms with Crippen LogP contribution in [-0.2, 0) is 6.42 Å². The van der Waals surface area contributed by atoms with Gasteiger partial charge in [-0.1, -0.05) is 12.1 Å². The normalized spacial score (nSPS) is 22.6. The maximum absolute atomic E-state index is 5.33. The lowest BCUT2D eigenvalue weighted by molar-refractivity contribution is 0.355. The Balaban J connectivity index is 1.94. The summed E-state index contributed by atoms with van der Waals surface area (Å²) >= 11 is 3.91. The summed E-state index contributed by atoms with van der Waals surface area (Å²) in [7, 11) is 1.97. The minimum Gasteiger partial charge on any atom is -0.339 e. The largest absolute Gasteiger partial charge is 0.339 e. The van der Waals surface area contributed by atoms with Gasteiger partial charge >= 0.3 is 0 Å². The number of nitrogens with one attached hydrogen (secondary N) is 1. The standard InChI is InChI=1S/C11H19N3OS2/c1-3-8(12-2)6-10-13-11(14-15-10)9-7-16-4-5-17-9/h8-9,12H,3-7H2,1-2H3. The van der Waals surface area contributed by atoms with Crippen molar-refractivity contribution in [3.05, 3.63) is 11.7 Å². The molecule has 2 atom stereocenters. The van der Waals surface area contributed by atoms with Crippen LogP contribution in [0.25, 0.3) is 0 Å². The second-order valence-corrected chi connectivity index (χ2v) is 6.54. The summed E-state index contributed by atoms with van der Waals surface area (Å²) in [6.45, 7) is 2.16. The highest BCUT2D eigenvalue weighted by Gasteiger charge is 2.22. The molecule has 1 aliphatic heterocycles. The Hall–Kier alpha value is -0.200. The minimum absolute atomic E-state index is 0.418. The van der Waals surface area contributed by atoms with Crippen LogP contribution in [0.1, 0.15) is 30.3 Å². The predicted octanol–water partition coefficient (Wildman–Crippen LogP) is 2.13. The maximum atomic E-state index is 5.33. The Labute approximate surface area is 111 Å². The van der Waals surface area contributed by atoms with E-state index in [-0.39, 0.29) is 0 Å². The zero-order valence-electron chi connectivity index (χ0n) is 10.3. The number of nitrogens with zero attached hydrogens (tertiary/aromatic N) is 2. The van der Waals surface area contributed by atoms with E-state index in [1.54, 1.807) is 0 Å². The van der Waals surface area contributed by atoms with E-state index in [4.69, 9.17) is 4.52 Å². The molecular formula is C11H19N3OS2. The van der Waals surface area contributed by atoms with E-state index in [1.807, 2.05) is 30.6 Å². The van der Waals surface area contributed by atoms with Crippen molar-refractivity contribution < 1.29 is 4.52 Å². The van der Waals surface area contributed by atoms with Crippen molar-refractivity contribution in [1.29, 1.82) is 0 Å². The monoisotopic (exact) mass is 273 g/mol. The fourth-order valence-corrected chi connectivity index (χ4v) is 4.37. The summed E-state index contributed by atoms with van der Waals surface area (Å²) in [6, 6.07) is 0.427. The highest BCUT2D eigenvalue weighted by Crippen LogP contribution is 2.35. The van der Waals surface area contributed by atoms with E-state index < -0.39 is 0 Å². The van der Waals surface area contributed by atoms with Gasteiger partial charge in [-0.05, 0) is 13.5 Å². The molecule has 4 nitrogen and oxygen atoms in total. The van der Waals surface area contributed by atoms with Crippen LogP contribution in [0.2, 0.25) is 0 Å². The lowest BCUT2D eigenvalue weighted by atomic mass is 10.1. The van der Waals surface area contributed by atoms with Crippen molar-refractivity contribution in [1.82, 2.24) is 15.5 Å². The summed E-state index contributed by atoms with van der Waals surface area (Å²) < 4.78 is 5.33. The average molecular weight is 273 g/mol. The number of rotatable bonds is 5. The Kier molecular flexibility index (Phi) is 5.18. The van der Waals surface area contributed by atoms with Gasteiger partial charge in [0.2, 0.25) is 5.89 Å². The van der Waals surface area contributed by atoms with E-state index in [9.17, 15) is 0 Å². The lowest BCUT2D eigenvalue weighted by Gasteiger charge is -2.17. The van der Waals surface area contributed by atoms with Gasteiger partial charge in [-0.15, -0.1) is 11.8 Å². The van der Waals surface area contributed by atoms with Crippen LogP contribution in [0.4, 0.5) is 0 Å². The first-order chi connectivity index (χ1) is 8.33. The molecule has 1 aromatic rings. The number of aromatic nitrogens is 2. The predicted molar refractivity (Wildman–Crippen MR) is 73.7 cm³/mol. The molecule has 0 spiro atoms. The molecule has 2 heterocycles. The molecule has 0 saturated carbocycles. The van der Waals surface area contributed by atoms with Crippen LogP contribution in [0.3, 0.4) is 0 Å². The van der Waals surface area contributed by atoms with Gasteiger partial charge < -0.3 is 9.84 Å². The third-order valence-corrected chi connectivity index (χ3v) is 5.66. The zero-order valence-corrected chi connectivity index (χ0v) is 11.9. The van der Waals surface area contributed by atoms with E-state index in [0.29, 0.717) is 11.3 Å².